The van der Waals surface area contributed by atoms with Crippen LogP contribution < -0.4 is 9.80 Å². The van der Waals surface area contributed by atoms with Crippen LogP contribution in [-0.2, 0) is 11.7 Å². The summed E-state index contributed by atoms with van der Waals surface area (Å²) in [5, 5.41) is 12.2. The highest BCUT2D eigenvalue weighted by molar-refractivity contribution is 5.30. The lowest BCUT2D eigenvalue weighted by molar-refractivity contribution is -1.02. The quantitative estimate of drug-likeness (QED) is 0.780. The Balaban J connectivity index is 2.08. The Labute approximate surface area is 156 Å². The summed E-state index contributed by atoms with van der Waals surface area (Å²) >= 11 is 0. The van der Waals surface area contributed by atoms with E-state index in [0.717, 1.165) is 32.2 Å². The first-order valence-corrected chi connectivity index (χ1v) is 9.19. The lowest BCUT2D eigenvalue weighted by Gasteiger charge is -2.34. The van der Waals surface area contributed by atoms with E-state index in [0.29, 0.717) is 11.4 Å². The third-order valence-corrected chi connectivity index (χ3v) is 5.09. The van der Waals surface area contributed by atoms with Crippen molar-refractivity contribution in [2.45, 2.75) is 38.5 Å². The van der Waals surface area contributed by atoms with Crippen LogP contribution in [0.3, 0.4) is 0 Å². The monoisotopic (exact) mass is 384 g/mol. The molecule has 148 valence electrons. The van der Waals surface area contributed by atoms with Crippen LogP contribution in [0.2, 0.25) is 0 Å². The van der Waals surface area contributed by atoms with E-state index in [-0.39, 0.29) is 11.6 Å². The Morgan fingerprint density at radius 3 is 2.33 bits per heavy atom. The topological polar surface area (TPSA) is 52.5 Å². The molecule has 9 heteroatoms. The summed E-state index contributed by atoms with van der Waals surface area (Å²) in [6, 6.07) is 5.23. The van der Waals surface area contributed by atoms with Gasteiger partial charge in [0.25, 0.3) is 0 Å². The number of nitrogens with zero attached hydrogens (tertiary/aromatic N) is 4. The zero-order chi connectivity index (χ0) is 19.8. The van der Waals surface area contributed by atoms with Gasteiger partial charge in [-0.3, -0.25) is 0 Å². The molecule has 1 atom stereocenters. The van der Waals surface area contributed by atoms with E-state index in [9.17, 15) is 13.2 Å². The van der Waals surface area contributed by atoms with E-state index in [1.165, 1.54) is 21.9 Å². The number of piperazine rings is 1. The van der Waals surface area contributed by atoms with Crippen LogP contribution in [-0.4, -0.2) is 53.4 Å². The number of aromatic nitrogens is 4. The Hall–Kier alpha value is -2.00. The number of halogens is 3. The van der Waals surface area contributed by atoms with Gasteiger partial charge >= 0.3 is 6.18 Å². The molecule has 3 rings (SSSR count). The summed E-state index contributed by atoms with van der Waals surface area (Å²) in [6.45, 7) is 9.58. The number of hydrogen-bond donors (Lipinski definition) is 2. The smallest absolute Gasteiger partial charge is 0.328 e. The predicted octanol–water partition coefficient (Wildman–Crippen LogP) is -0.0505. The Bertz CT molecular complexity index is 772. The van der Waals surface area contributed by atoms with Gasteiger partial charge in [0.05, 0.1) is 18.2 Å². The molecular formula is C18H27F3N6+2. The van der Waals surface area contributed by atoms with Crippen LogP contribution in [0, 0.1) is 0 Å². The van der Waals surface area contributed by atoms with Gasteiger partial charge in [-0.2, -0.15) is 13.2 Å². The fourth-order valence-corrected chi connectivity index (χ4v) is 3.60. The second-order valence-corrected chi connectivity index (χ2v) is 8.29. The van der Waals surface area contributed by atoms with E-state index in [2.05, 4.69) is 22.6 Å². The van der Waals surface area contributed by atoms with Crippen molar-refractivity contribution in [3.05, 3.63) is 41.2 Å². The zero-order valence-electron chi connectivity index (χ0n) is 16.1. The molecule has 1 aromatic heterocycles. The van der Waals surface area contributed by atoms with Gasteiger partial charge in [0, 0.05) is 5.56 Å². The van der Waals surface area contributed by atoms with Gasteiger partial charge in [0.2, 0.25) is 5.82 Å². The van der Waals surface area contributed by atoms with E-state index in [1.807, 2.05) is 20.8 Å². The minimum Gasteiger partial charge on any atom is -0.328 e. The maximum atomic E-state index is 13.3. The fourth-order valence-electron chi connectivity index (χ4n) is 3.60. The lowest BCUT2D eigenvalue weighted by atomic mass is 9.99. The molecule has 0 amide bonds. The predicted molar refractivity (Wildman–Crippen MR) is 93.4 cm³/mol. The average molecular weight is 384 g/mol. The summed E-state index contributed by atoms with van der Waals surface area (Å²) in [7, 11) is 2.13. The van der Waals surface area contributed by atoms with E-state index in [4.69, 9.17) is 0 Å². The number of likely N-dealkylation sites (N-methyl/N-ethyl adjacent to an activating group) is 1. The van der Waals surface area contributed by atoms with Gasteiger partial charge in [0.15, 0.2) is 6.04 Å². The summed E-state index contributed by atoms with van der Waals surface area (Å²) in [5.41, 5.74) is -0.408. The van der Waals surface area contributed by atoms with Crippen molar-refractivity contribution >= 4 is 0 Å². The fraction of sp³-hybridized carbons (Fsp3) is 0.611. The molecule has 27 heavy (non-hydrogen) atoms. The summed E-state index contributed by atoms with van der Waals surface area (Å²) in [5.74, 6) is 0.608. The minimum absolute atomic E-state index is 0.338. The number of nitrogens with one attached hydrogen (secondary N) is 2. The molecule has 1 aliphatic heterocycles. The van der Waals surface area contributed by atoms with Gasteiger partial charge in [-0.05, 0) is 43.3 Å². The van der Waals surface area contributed by atoms with Crippen LogP contribution >= 0.6 is 0 Å². The molecule has 2 N–H and O–H groups in total. The first-order chi connectivity index (χ1) is 12.6. The van der Waals surface area contributed by atoms with Crippen molar-refractivity contribution in [1.82, 2.24) is 20.2 Å². The number of rotatable bonds is 3. The van der Waals surface area contributed by atoms with Crippen molar-refractivity contribution in [2.24, 2.45) is 0 Å². The first kappa shape index (κ1) is 19.8. The highest BCUT2D eigenvalue weighted by Gasteiger charge is 2.38. The Morgan fingerprint density at radius 1 is 1.07 bits per heavy atom. The van der Waals surface area contributed by atoms with E-state index in [1.54, 1.807) is 10.7 Å². The standard InChI is InChI=1S/C18H25F3N6/c1-17(2,3)27-16(22-23-24-27)15(26-10-8-25(4)9-11-26)13-6-5-7-14(12-13)18(19,20)21/h5-7,12,15H,8-11H2,1-4H3/p+2/t15-/m1/s1. The lowest BCUT2D eigenvalue weighted by Crippen LogP contribution is -3.27. The number of hydrogen-bond acceptors (Lipinski definition) is 3. The molecule has 0 saturated carbocycles. The third kappa shape index (κ3) is 4.30. The molecule has 0 aliphatic carbocycles. The molecule has 0 spiro atoms. The van der Waals surface area contributed by atoms with E-state index >= 15 is 0 Å². The molecule has 1 aliphatic rings. The number of tetrazole rings is 1. The Morgan fingerprint density at radius 2 is 1.74 bits per heavy atom. The molecule has 6 nitrogen and oxygen atoms in total. The van der Waals surface area contributed by atoms with Crippen molar-refractivity contribution in [1.29, 1.82) is 0 Å². The number of benzene rings is 1. The van der Waals surface area contributed by atoms with Crippen LogP contribution in [0.1, 0.15) is 43.8 Å². The first-order valence-electron chi connectivity index (χ1n) is 9.19. The second kappa shape index (κ2) is 7.20. The van der Waals surface area contributed by atoms with Crippen LogP contribution in [0.15, 0.2) is 24.3 Å². The van der Waals surface area contributed by atoms with E-state index < -0.39 is 11.7 Å². The molecular weight excluding hydrogens is 357 g/mol. The summed E-state index contributed by atoms with van der Waals surface area (Å²) in [4.78, 5) is 2.62. The van der Waals surface area contributed by atoms with Crippen LogP contribution in [0.25, 0.3) is 0 Å². The van der Waals surface area contributed by atoms with Gasteiger partial charge in [-0.15, -0.1) is 5.10 Å². The third-order valence-electron chi connectivity index (χ3n) is 5.09. The normalized spacial score (nSPS) is 22.6. The second-order valence-electron chi connectivity index (χ2n) is 8.29. The summed E-state index contributed by atoms with van der Waals surface area (Å²) < 4.78 is 41.6. The highest BCUT2D eigenvalue weighted by atomic mass is 19.4. The average Bonchev–Trinajstić information content (AvgIpc) is 3.06. The maximum Gasteiger partial charge on any atom is 0.416 e. The van der Waals surface area contributed by atoms with Gasteiger partial charge in [-0.1, -0.05) is 12.1 Å². The number of alkyl halides is 3. The van der Waals surface area contributed by atoms with Gasteiger partial charge < -0.3 is 9.80 Å². The van der Waals surface area contributed by atoms with Gasteiger partial charge in [-0.25, -0.2) is 4.68 Å². The summed E-state index contributed by atoms with van der Waals surface area (Å²) in [6.07, 6.45) is -4.38. The molecule has 0 radical (unpaired) electrons. The minimum atomic E-state index is -4.38. The van der Waals surface area contributed by atoms with Crippen molar-refractivity contribution in [3.63, 3.8) is 0 Å². The maximum absolute atomic E-state index is 13.3. The van der Waals surface area contributed by atoms with Crippen molar-refractivity contribution in [2.75, 3.05) is 33.2 Å². The largest absolute Gasteiger partial charge is 0.416 e. The highest BCUT2D eigenvalue weighted by Crippen LogP contribution is 2.31. The zero-order valence-corrected chi connectivity index (χ0v) is 16.1. The van der Waals surface area contributed by atoms with Crippen LogP contribution in [0.5, 0.6) is 0 Å². The number of quaternary nitrogens is 2. The Kier molecular flexibility index (Phi) is 5.27. The molecule has 1 fully saturated rings. The molecule has 1 saturated heterocycles. The van der Waals surface area contributed by atoms with Crippen molar-refractivity contribution in [3.8, 4) is 0 Å². The van der Waals surface area contributed by atoms with Crippen LogP contribution in [0.4, 0.5) is 13.2 Å². The van der Waals surface area contributed by atoms with Crippen molar-refractivity contribution < 1.29 is 23.0 Å². The molecule has 1 aromatic carbocycles. The molecule has 0 unspecified atom stereocenters. The molecule has 2 aromatic rings. The van der Waals surface area contributed by atoms with Gasteiger partial charge in [0.1, 0.15) is 26.2 Å². The SMILES string of the molecule is C[NH+]1CC[NH+]([C@H](c2cccc(C(F)(F)F)c2)c2nnnn2C(C)(C)C)CC1. The molecule has 2 heterocycles. The molecule has 0 bridgehead atoms.